The standard InChI is InChI=1S/C43H54N6O6S/c1-28-10-6-11-29(2)40(28)36-24-39(48-42(47-36)49-56(52,53)34-14-7-13-32(23-34)41(50)51)55-27-38-31(22-30-16-17-30)12-8-15-35(46-38)37-26-44-33(25-45-37)18-20-43(3,4)19-9-21-54-5/h6-7,10-11,13-14,18,20,23-26,30-31,35,38,46H,8-9,12,15-17,19,21-22,27H2,1-5H3,(H,50,51)(H,47,48,49)/t31-,35-,38-/m0/s1. The van der Waals surface area contributed by atoms with E-state index in [0.29, 0.717) is 18.2 Å². The fraction of sp³-hybridized carbons (Fsp3) is 0.465. The van der Waals surface area contributed by atoms with Crippen LogP contribution >= 0.6 is 0 Å². The second-order valence-corrected chi connectivity index (χ2v) is 17.6. The number of aromatic carboxylic acids is 1. The largest absolute Gasteiger partial charge is 0.478 e. The van der Waals surface area contributed by atoms with Gasteiger partial charge in [0.25, 0.3) is 10.0 Å². The highest BCUT2D eigenvalue weighted by Gasteiger charge is 2.34. The summed E-state index contributed by atoms with van der Waals surface area (Å²) in [4.78, 5) is 30.2. The van der Waals surface area contributed by atoms with Crippen LogP contribution in [0, 0.1) is 31.1 Å². The quantitative estimate of drug-likeness (QED) is 0.0885. The van der Waals surface area contributed by atoms with E-state index in [0.717, 1.165) is 85.2 Å². The number of aromatic nitrogens is 4. The number of carboxylic acid groups (broad SMARTS) is 1. The maximum Gasteiger partial charge on any atom is 0.335 e. The van der Waals surface area contributed by atoms with Gasteiger partial charge < -0.3 is 19.9 Å². The number of ether oxygens (including phenoxy) is 2. The molecule has 0 bridgehead atoms. The molecule has 1 aliphatic carbocycles. The van der Waals surface area contributed by atoms with Gasteiger partial charge in [-0.15, -0.1) is 0 Å². The molecule has 0 unspecified atom stereocenters. The van der Waals surface area contributed by atoms with Gasteiger partial charge in [0.15, 0.2) is 0 Å². The minimum atomic E-state index is -4.25. The van der Waals surface area contributed by atoms with Crippen molar-refractivity contribution in [1.29, 1.82) is 0 Å². The molecule has 12 nitrogen and oxygen atoms in total. The van der Waals surface area contributed by atoms with Crippen LogP contribution in [-0.2, 0) is 14.8 Å². The molecule has 1 aliphatic heterocycles. The van der Waals surface area contributed by atoms with Gasteiger partial charge >= 0.3 is 5.97 Å². The number of hydrogen-bond donors (Lipinski definition) is 3. The van der Waals surface area contributed by atoms with Gasteiger partial charge in [-0.2, -0.15) is 4.98 Å². The Kier molecular flexibility index (Phi) is 13.2. The lowest BCUT2D eigenvalue weighted by Crippen LogP contribution is -2.42. The number of carbonyl (C=O) groups is 1. The van der Waals surface area contributed by atoms with Crippen molar-refractivity contribution < 1.29 is 27.8 Å². The first-order chi connectivity index (χ1) is 26.8. The molecule has 0 spiro atoms. The Labute approximate surface area is 330 Å². The minimum Gasteiger partial charge on any atom is -0.478 e. The van der Waals surface area contributed by atoms with E-state index >= 15 is 0 Å². The van der Waals surface area contributed by atoms with Crippen LogP contribution in [0.1, 0.15) is 104 Å². The van der Waals surface area contributed by atoms with Crippen molar-refractivity contribution in [3.05, 3.63) is 95.1 Å². The molecule has 2 aromatic carbocycles. The third-order valence-corrected chi connectivity index (χ3v) is 12.1. The molecule has 2 aliphatic rings. The molecule has 56 heavy (non-hydrogen) atoms. The maximum absolute atomic E-state index is 13.5. The number of benzene rings is 2. The predicted octanol–water partition coefficient (Wildman–Crippen LogP) is 8.19. The number of methoxy groups -OCH3 is 1. The second-order valence-electron chi connectivity index (χ2n) is 15.9. The van der Waals surface area contributed by atoms with Crippen LogP contribution in [0.15, 0.2) is 71.9 Å². The predicted molar refractivity (Wildman–Crippen MR) is 217 cm³/mol. The molecule has 3 N–H and O–H groups in total. The van der Waals surface area contributed by atoms with Gasteiger partial charge in [0, 0.05) is 31.4 Å². The van der Waals surface area contributed by atoms with E-state index in [9.17, 15) is 18.3 Å². The summed E-state index contributed by atoms with van der Waals surface area (Å²) in [6.07, 6.45) is 16.6. The first-order valence-corrected chi connectivity index (χ1v) is 21.0. The van der Waals surface area contributed by atoms with Gasteiger partial charge in [-0.05, 0) is 98.6 Å². The topological polar surface area (TPSA) is 166 Å². The Balaban J connectivity index is 1.24. The molecule has 298 valence electrons. The van der Waals surface area contributed by atoms with Crippen LogP contribution in [0.25, 0.3) is 17.3 Å². The SMILES string of the molecule is COCCCC(C)(C)C=Cc1cnc([C@@H]2CCC[C@@H](CC3CC3)[C@H](COc3cc(-c4c(C)cccc4C)nc(NS(=O)(=O)c4cccc(C(=O)O)c4)n3)N2)cn1. The van der Waals surface area contributed by atoms with E-state index in [1.807, 2.05) is 50.5 Å². The molecule has 2 fully saturated rings. The molecule has 2 aromatic heterocycles. The average molecular weight is 783 g/mol. The molecule has 1 saturated heterocycles. The lowest BCUT2D eigenvalue weighted by atomic mass is 9.87. The normalized spacial score (nSPS) is 19.1. The van der Waals surface area contributed by atoms with Crippen molar-refractivity contribution in [2.24, 2.45) is 17.3 Å². The van der Waals surface area contributed by atoms with Crippen LogP contribution in [0.2, 0.25) is 0 Å². The Morgan fingerprint density at radius 3 is 2.48 bits per heavy atom. The van der Waals surface area contributed by atoms with Crippen molar-refractivity contribution >= 4 is 28.0 Å². The van der Waals surface area contributed by atoms with E-state index in [1.165, 1.54) is 31.0 Å². The summed E-state index contributed by atoms with van der Waals surface area (Å²) in [6, 6.07) is 12.8. The average Bonchev–Trinajstić information content (AvgIpc) is 4.01. The Morgan fingerprint density at radius 1 is 1.02 bits per heavy atom. The number of anilines is 1. The number of rotatable bonds is 17. The lowest BCUT2D eigenvalue weighted by molar-refractivity contribution is 0.0696. The van der Waals surface area contributed by atoms with Crippen molar-refractivity contribution in [3.63, 3.8) is 0 Å². The number of carboxylic acids is 1. The molecule has 13 heteroatoms. The molecule has 0 radical (unpaired) electrons. The van der Waals surface area contributed by atoms with E-state index in [1.54, 1.807) is 13.2 Å². The Morgan fingerprint density at radius 2 is 1.79 bits per heavy atom. The number of allylic oxidation sites excluding steroid dienone is 1. The molecule has 3 atom stereocenters. The summed E-state index contributed by atoms with van der Waals surface area (Å²) in [6.45, 7) is 9.42. The number of nitrogens with zero attached hydrogens (tertiary/aromatic N) is 4. The van der Waals surface area contributed by atoms with Crippen LogP contribution < -0.4 is 14.8 Å². The van der Waals surface area contributed by atoms with E-state index < -0.39 is 16.0 Å². The first-order valence-electron chi connectivity index (χ1n) is 19.5. The summed E-state index contributed by atoms with van der Waals surface area (Å²) < 4.78 is 41.3. The van der Waals surface area contributed by atoms with Gasteiger partial charge in [-0.1, -0.05) is 63.5 Å². The number of nitrogens with one attached hydrogen (secondary N) is 2. The van der Waals surface area contributed by atoms with Crippen molar-refractivity contribution in [3.8, 4) is 17.1 Å². The summed E-state index contributed by atoms with van der Waals surface area (Å²) >= 11 is 0. The van der Waals surface area contributed by atoms with Crippen molar-refractivity contribution in [2.75, 3.05) is 25.0 Å². The highest BCUT2D eigenvalue weighted by molar-refractivity contribution is 7.92. The minimum absolute atomic E-state index is 0.0108. The Bertz CT molecular complexity index is 2100. The van der Waals surface area contributed by atoms with Gasteiger partial charge in [0.05, 0.1) is 46.0 Å². The van der Waals surface area contributed by atoms with Crippen LogP contribution in [0.4, 0.5) is 5.95 Å². The summed E-state index contributed by atoms with van der Waals surface area (Å²) in [5.41, 5.74) is 4.86. The Hall–Kier alpha value is -4.72. The maximum atomic E-state index is 13.5. The molecule has 0 amide bonds. The second kappa shape index (κ2) is 18.0. The zero-order chi connectivity index (χ0) is 39.9. The first kappa shape index (κ1) is 40.9. The van der Waals surface area contributed by atoms with E-state index in [4.69, 9.17) is 19.4 Å². The third kappa shape index (κ3) is 11.0. The van der Waals surface area contributed by atoms with Gasteiger partial charge in [-0.25, -0.2) is 22.9 Å². The van der Waals surface area contributed by atoms with E-state index in [2.05, 4.69) is 39.9 Å². The molecule has 4 aromatic rings. The lowest BCUT2D eigenvalue weighted by Gasteiger charge is -2.28. The van der Waals surface area contributed by atoms with Gasteiger partial charge in [-0.3, -0.25) is 9.97 Å². The number of sulfonamides is 1. The molecular formula is C43H54N6O6S. The van der Waals surface area contributed by atoms with Crippen LogP contribution in [0.5, 0.6) is 5.88 Å². The molecular weight excluding hydrogens is 729 g/mol. The number of aryl methyl sites for hydroxylation is 2. The van der Waals surface area contributed by atoms with Crippen molar-refractivity contribution in [2.45, 2.75) is 96.0 Å². The van der Waals surface area contributed by atoms with Crippen LogP contribution in [0.3, 0.4) is 0 Å². The summed E-state index contributed by atoms with van der Waals surface area (Å²) in [5, 5.41) is 13.3. The van der Waals surface area contributed by atoms with Gasteiger partial charge in [0.2, 0.25) is 11.8 Å². The molecule has 6 rings (SSSR count). The zero-order valence-electron chi connectivity index (χ0n) is 33.0. The van der Waals surface area contributed by atoms with Crippen molar-refractivity contribution in [1.82, 2.24) is 25.3 Å². The molecule has 3 heterocycles. The number of hydrogen-bond acceptors (Lipinski definition) is 10. The van der Waals surface area contributed by atoms with Crippen LogP contribution in [-0.4, -0.2) is 65.8 Å². The fourth-order valence-electron chi connectivity index (χ4n) is 7.47. The monoisotopic (exact) mass is 782 g/mol. The summed E-state index contributed by atoms with van der Waals surface area (Å²) in [5.74, 6) is -0.0812. The smallest absolute Gasteiger partial charge is 0.335 e. The highest BCUT2D eigenvalue weighted by atomic mass is 32.2. The van der Waals surface area contributed by atoms with E-state index in [-0.39, 0.29) is 39.8 Å². The third-order valence-electron chi connectivity index (χ3n) is 10.8. The summed E-state index contributed by atoms with van der Waals surface area (Å²) in [7, 11) is -2.52. The molecule has 1 saturated carbocycles. The zero-order valence-corrected chi connectivity index (χ0v) is 33.8. The van der Waals surface area contributed by atoms with Gasteiger partial charge in [0.1, 0.15) is 6.61 Å². The fourth-order valence-corrected chi connectivity index (χ4v) is 8.46. The highest BCUT2D eigenvalue weighted by Crippen LogP contribution is 2.40.